The minimum Gasteiger partial charge on any atom is -0.444 e. The molecule has 0 spiro atoms. The van der Waals surface area contributed by atoms with E-state index >= 15 is 0 Å². The van der Waals surface area contributed by atoms with Crippen molar-refractivity contribution in [1.82, 2.24) is 4.90 Å². The highest BCUT2D eigenvalue weighted by atomic mass is 19.3. The Morgan fingerprint density at radius 3 is 2.42 bits per heavy atom. The lowest BCUT2D eigenvalue weighted by Crippen LogP contribution is -2.51. The van der Waals surface area contributed by atoms with E-state index in [0.717, 1.165) is 12.8 Å². The van der Waals surface area contributed by atoms with Gasteiger partial charge in [-0.25, -0.2) is 4.79 Å². The highest BCUT2D eigenvalue weighted by Crippen LogP contribution is 2.23. The summed E-state index contributed by atoms with van der Waals surface area (Å²) in [6, 6.07) is 4.99. The first-order chi connectivity index (χ1) is 12.2. The number of ether oxygens (including phenoxy) is 2. The summed E-state index contributed by atoms with van der Waals surface area (Å²) in [5.41, 5.74) is -0.206. The number of nitrogens with zero attached hydrogens (tertiary/aromatic N) is 1. The third kappa shape index (κ3) is 5.86. The zero-order valence-electron chi connectivity index (χ0n) is 15.1. The number of carbonyl (C=O) groups is 2. The fourth-order valence-corrected chi connectivity index (χ4v) is 2.69. The molecule has 0 aliphatic carbocycles. The maximum atomic E-state index is 12.6. The number of amides is 2. The van der Waals surface area contributed by atoms with Crippen LogP contribution in [-0.4, -0.2) is 41.7 Å². The van der Waals surface area contributed by atoms with Crippen LogP contribution >= 0.6 is 0 Å². The number of likely N-dealkylation sites (tertiary alicyclic amines) is 1. The zero-order valence-corrected chi connectivity index (χ0v) is 15.1. The van der Waals surface area contributed by atoms with Crippen LogP contribution in [0.5, 0.6) is 5.75 Å². The summed E-state index contributed by atoms with van der Waals surface area (Å²) in [5, 5.41) is 2.71. The molecule has 1 aromatic rings. The number of nitrogens with one attached hydrogen (secondary N) is 1. The van der Waals surface area contributed by atoms with Crippen LogP contribution in [0.2, 0.25) is 0 Å². The molecule has 1 aromatic carbocycles. The molecule has 144 valence electrons. The number of alkyl halides is 2. The van der Waals surface area contributed by atoms with Crippen molar-refractivity contribution in [1.29, 1.82) is 0 Å². The van der Waals surface area contributed by atoms with Crippen LogP contribution in [0.3, 0.4) is 0 Å². The first-order valence-corrected chi connectivity index (χ1v) is 8.51. The van der Waals surface area contributed by atoms with Gasteiger partial charge in [-0.3, -0.25) is 9.69 Å². The van der Waals surface area contributed by atoms with Gasteiger partial charge < -0.3 is 14.8 Å². The van der Waals surface area contributed by atoms with Crippen molar-refractivity contribution in [3.63, 3.8) is 0 Å². The van der Waals surface area contributed by atoms with E-state index in [0.29, 0.717) is 18.7 Å². The van der Waals surface area contributed by atoms with Crippen molar-refractivity contribution in [2.75, 3.05) is 11.9 Å². The molecule has 6 nitrogen and oxygen atoms in total. The van der Waals surface area contributed by atoms with E-state index in [9.17, 15) is 18.4 Å². The molecule has 1 N–H and O–H groups in total. The number of rotatable bonds is 4. The lowest BCUT2D eigenvalue weighted by molar-refractivity contribution is -0.122. The molecule has 26 heavy (non-hydrogen) atoms. The molecule has 0 aromatic heterocycles. The first-order valence-electron chi connectivity index (χ1n) is 8.51. The lowest BCUT2D eigenvalue weighted by atomic mass is 10.0. The van der Waals surface area contributed by atoms with Gasteiger partial charge in [-0.05, 0) is 64.3 Å². The molecule has 1 atom stereocenters. The maximum absolute atomic E-state index is 12.6. The van der Waals surface area contributed by atoms with E-state index in [1.807, 2.05) is 0 Å². The number of hydrogen-bond acceptors (Lipinski definition) is 4. The van der Waals surface area contributed by atoms with E-state index in [1.165, 1.54) is 29.2 Å². The monoisotopic (exact) mass is 370 g/mol. The molecule has 0 bridgehead atoms. The van der Waals surface area contributed by atoms with Crippen molar-refractivity contribution in [2.45, 2.75) is 58.3 Å². The third-order valence-electron chi connectivity index (χ3n) is 3.78. The molecule has 1 fully saturated rings. The van der Waals surface area contributed by atoms with Gasteiger partial charge in [0.05, 0.1) is 0 Å². The van der Waals surface area contributed by atoms with Crippen LogP contribution in [0.15, 0.2) is 24.3 Å². The van der Waals surface area contributed by atoms with Crippen LogP contribution in [0.25, 0.3) is 0 Å². The third-order valence-corrected chi connectivity index (χ3v) is 3.78. The first kappa shape index (κ1) is 19.9. The average molecular weight is 370 g/mol. The molecule has 1 aliphatic rings. The Kier molecular flexibility index (Phi) is 6.39. The van der Waals surface area contributed by atoms with Crippen LogP contribution in [0.1, 0.15) is 40.0 Å². The van der Waals surface area contributed by atoms with E-state index in [1.54, 1.807) is 20.8 Å². The van der Waals surface area contributed by atoms with Gasteiger partial charge in [-0.15, -0.1) is 0 Å². The smallest absolute Gasteiger partial charge is 0.410 e. The summed E-state index contributed by atoms with van der Waals surface area (Å²) >= 11 is 0. The van der Waals surface area contributed by atoms with E-state index in [-0.39, 0.29) is 11.7 Å². The molecule has 0 radical (unpaired) electrons. The van der Waals surface area contributed by atoms with E-state index in [4.69, 9.17) is 4.74 Å². The molecular formula is C18H24F2N2O4. The molecule has 1 heterocycles. The maximum Gasteiger partial charge on any atom is 0.410 e. The van der Waals surface area contributed by atoms with Crippen molar-refractivity contribution in [2.24, 2.45) is 0 Å². The fraction of sp³-hybridized carbons (Fsp3) is 0.556. The largest absolute Gasteiger partial charge is 0.444 e. The highest BCUT2D eigenvalue weighted by Gasteiger charge is 2.34. The fourth-order valence-electron chi connectivity index (χ4n) is 2.69. The standard InChI is InChI=1S/C18H24F2N2O4/c1-18(2,3)26-17(24)22-11-5-4-6-14(22)15(23)21-12-7-9-13(10-8-12)25-16(19)20/h7-10,14,16H,4-6,11H2,1-3H3,(H,21,23). The van der Waals surface area contributed by atoms with Gasteiger partial charge in [0.1, 0.15) is 17.4 Å². The van der Waals surface area contributed by atoms with Gasteiger partial charge in [0.15, 0.2) is 0 Å². The second kappa shape index (κ2) is 8.33. The molecular weight excluding hydrogens is 346 g/mol. The summed E-state index contributed by atoms with van der Waals surface area (Å²) in [4.78, 5) is 26.4. The van der Waals surface area contributed by atoms with E-state index in [2.05, 4.69) is 10.1 Å². The number of piperidine rings is 1. The van der Waals surface area contributed by atoms with Gasteiger partial charge in [-0.1, -0.05) is 0 Å². The van der Waals surface area contributed by atoms with Gasteiger partial charge in [-0.2, -0.15) is 8.78 Å². The van der Waals surface area contributed by atoms with Crippen molar-refractivity contribution in [3.05, 3.63) is 24.3 Å². The zero-order chi connectivity index (χ0) is 19.3. The number of hydrogen-bond donors (Lipinski definition) is 1. The number of halogens is 2. The Morgan fingerprint density at radius 1 is 1.19 bits per heavy atom. The number of benzene rings is 1. The molecule has 8 heteroatoms. The van der Waals surface area contributed by atoms with Crippen LogP contribution in [0, 0.1) is 0 Å². The van der Waals surface area contributed by atoms with Gasteiger partial charge >= 0.3 is 12.7 Å². The van der Waals surface area contributed by atoms with Crippen LogP contribution < -0.4 is 10.1 Å². The minimum absolute atomic E-state index is 0.00560. The molecule has 2 amide bonds. The minimum atomic E-state index is -2.90. The number of anilines is 1. The summed E-state index contributed by atoms with van der Waals surface area (Å²) in [5.74, 6) is -0.330. The molecule has 0 saturated carbocycles. The SMILES string of the molecule is CC(C)(C)OC(=O)N1CCCCC1C(=O)Nc1ccc(OC(F)F)cc1. The Balaban J connectivity index is 2.02. The molecule has 1 aliphatic heterocycles. The second-order valence-corrected chi connectivity index (χ2v) is 7.08. The predicted octanol–water partition coefficient (Wildman–Crippen LogP) is 4.02. The molecule has 2 rings (SSSR count). The normalized spacial score (nSPS) is 17.8. The van der Waals surface area contributed by atoms with Gasteiger partial charge in [0.25, 0.3) is 0 Å². The second-order valence-electron chi connectivity index (χ2n) is 7.08. The van der Waals surface area contributed by atoms with Gasteiger partial charge in [0, 0.05) is 12.2 Å². The topological polar surface area (TPSA) is 67.9 Å². The molecule has 1 saturated heterocycles. The Bertz CT molecular complexity index is 629. The lowest BCUT2D eigenvalue weighted by Gasteiger charge is -2.35. The Labute approximate surface area is 151 Å². The molecule has 1 unspecified atom stereocenters. The summed E-state index contributed by atoms with van der Waals surface area (Å²) in [6.07, 6.45) is 1.66. The summed E-state index contributed by atoms with van der Waals surface area (Å²) in [6.45, 7) is 2.86. The van der Waals surface area contributed by atoms with E-state index < -0.39 is 24.3 Å². The van der Waals surface area contributed by atoms with Crippen molar-refractivity contribution < 1.29 is 27.8 Å². The van der Waals surface area contributed by atoms with Crippen molar-refractivity contribution >= 4 is 17.7 Å². The average Bonchev–Trinajstić information content (AvgIpc) is 2.54. The predicted molar refractivity (Wildman–Crippen MR) is 92.3 cm³/mol. The van der Waals surface area contributed by atoms with Gasteiger partial charge in [0.2, 0.25) is 5.91 Å². The van der Waals surface area contributed by atoms with Crippen LogP contribution in [0.4, 0.5) is 19.3 Å². The Morgan fingerprint density at radius 2 is 1.85 bits per heavy atom. The number of carbonyl (C=O) groups excluding carboxylic acids is 2. The van der Waals surface area contributed by atoms with Crippen molar-refractivity contribution in [3.8, 4) is 5.75 Å². The highest BCUT2D eigenvalue weighted by molar-refractivity contribution is 5.96. The Hall–Kier alpha value is -2.38. The quantitative estimate of drug-likeness (QED) is 0.869. The summed E-state index contributed by atoms with van der Waals surface area (Å²) < 4.78 is 34.0. The van der Waals surface area contributed by atoms with Crippen LogP contribution in [-0.2, 0) is 9.53 Å². The summed E-state index contributed by atoms with van der Waals surface area (Å²) in [7, 11) is 0.